The van der Waals surface area contributed by atoms with Crippen LogP contribution in [0.2, 0.25) is 0 Å². The summed E-state index contributed by atoms with van der Waals surface area (Å²) < 4.78 is 5.96. The van der Waals surface area contributed by atoms with E-state index in [0.717, 1.165) is 0 Å². The highest BCUT2D eigenvalue weighted by molar-refractivity contribution is 5.47. The van der Waals surface area contributed by atoms with Crippen LogP contribution in [0.1, 0.15) is 36.3 Å². The van der Waals surface area contributed by atoms with E-state index in [2.05, 4.69) is 25.1 Å². The van der Waals surface area contributed by atoms with Gasteiger partial charge < -0.3 is 4.74 Å². The van der Waals surface area contributed by atoms with Crippen LogP contribution in [0.4, 0.5) is 0 Å². The molecule has 2 atom stereocenters. The zero-order chi connectivity index (χ0) is 8.84. The van der Waals surface area contributed by atoms with Crippen molar-refractivity contribution < 1.29 is 4.74 Å². The molecule has 68 valence electrons. The third kappa shape index (κ3) is 0.932. The molecule has 3 rings (SSSR count). The predicted octanol–water partition coefficient (Wildman–Crippen LogP) is 3.02. The summed E-state index contributed by atoms with van der Waals surface area (Å²) in [5.74, 6) is 1.88. The number of ether oxygens (including phenoxy) is 1. The summed E-state index contributed by atoms with van der Waals surface area (Å²) in [5, 5.41) is 0. The van der Waals surface area contributed by atoms with Crippen LogP contribution in [-0.4, -0.2) is 6.10 Å². The number of benzene rings is 1. The zero-order valence-corrected chi connectivity index (χ0v) is 7.92. The lowest BCUT2D eigenvalue weighted by molar-refractivity contribution is 0.224. The van der Waals surface area contributed by atoms with E-state index < -0.39 is 0 Å². The van der Waals surface area contributed by atoms with Crippen molar-refractivity contribution in [2.75, 3.05) is 0 Å². The van der Waals surface area contributed by atoms with E-state index in [1.165, 1.54) is 36.1 Å². The van der Waals surface area contributed by atoms with Crippen LogP contribution in [0.5, 0.6) is 5.75 Å². The maximum atomic E-state index is 5.96. The van der Waals surface area contributed by atoms with Gasteiger partial charge in [-0.15, -0.1) is 0 Å². The average molecular weight is 174 g/mol. The lowest BCUT2D eigenvalue weighted by atomic mass is 9.96. The first kappa shape index (κ1) is 7.43. The van der Waals surface area contributed by atoms with Crippen LogP contribution >= 0.6 is 0 Å². The highest BCUT2D eigenvalue weighted by Crippen LogP contribution is 2.47. The Balaban J connectivity index is 2.12. The van der Waals surface area contributed by atoms with Gasteiger partial charge in [-0.05, 0) is 31.7 Å². The Kier molecular flexibility index (Phi) is 1.43. The van der Waals surface area contributed by atoms with Gasteiger partial charge in [0.15, 0.2) is 0 Å². The molecule has 13 heavy (non-hydrogen) atoms. The van der Waals surface area contributed by atoms with Crippen LogP contribution in [0.3, 0.4) is 0 Å². The predicted molar refractivity (Wildman–Crippen MR) is 52.2 cm³/mol. The van der Waals surface area contributed by atoms with E-state index in [4.69, 9.17) is 4.74 Å². The van der Waals surface area contributed by atoms with Crippen LogP contribution in [0.25, 0.3) is 0 Å². The lowest BCUT2D eigenvalue weighted by Gasteiger charge is -2.07. The van der Waals surface area contributed by atoms with E-state index in [-0.39, 0.29) is 0 Å². The van der Waals surface area contributed by atoms with Gasteiger partial charge in [-0.3, -0.25) is 0 Å². The van der Waals surface area contributed by atoms with Gasteiger partial charge in [0.05, 0.1) is 0 Å². The maximum absolute atomic E-state index is 5.96. The molecule has 0 spiro atoms. The maximum Gasteiger partial charge on any atom is 0.126 e. The largest absolute Gasteiger partial charge is 0.489 e. The molecule has 0 saturated heterocycles. The van der Waals surface area contributed by atoms with Gasteiger partial charge in [-0.1, -0.05) is 18.2 Å². The van der Waals surface area contributed by atoms with Crippen molar-refractivity contribution in [1.29, 1.82) is 0 Å². The van der Waals surface area contributed by atoms with Crippen molar-refractivity contribution in [2.24, 2.45) is 0 Å². The number of aryl methyl sites for hydroxylation is 1. The summed E-state index contributed by atoms with van der Waals surface area (Å²) in [5.41, 5.74) is 2.76. The molecule has 1 aromatic rings. The molecule has 0 radical (unpaired) electrons. The number of hydrogen-bond acceptors (Lipinski definition) is 1. The third-order valence-corrected chi connectivity index (χ3v) is 3.36. The van der Waals surface area contributed by atoms with Crippen LogP contribution in [-0.2, 0) is 0 Å². The van der Waals surface area contributed by atoms with Crippen LogP contribution in [0, 0.1) is 6.92 Å². The van der Waals surface area contributed by atoms with Gasteiger partial charge in [0, 0.05) is 11.5 Å². The molecule has 1 heteroatoms. The van der Waals surface area contributed by atoms with Crippen molar-refractivity contribution in [3.63, 3.8) is 0 Å². The highest BCUT2D eigenvalue weighted by atomic mass is 16.5. The molecule has 0 amide bonds. The van der Waals surface area contributed by atoms with Gasteiger partial charge in [0.2, 0.25) is 0 Å². The summed E-state index contributed by atoms with van der Waals surface area (Å²) in [6.45, 7) is 2.14. The molecule has 1 aliphatic heterocycles. The van der Waals surface area contributed by atoms with Gasteiger partial charge in [0.1, 0.15) is 11.9 Å². The highest BCUT2D eigenvalue weighted by Gasteiger charge is 2.38. The van der Waals surface area contributed by atoms with E-state index in [1.54, 1.807) is 0 Å². The average Bonchev–Trinajstić information content (AvgIpc) is 2.65. The van der Waals surface area contributed by atoms with Crippen molar-refractivity contribution >= 4 is 0 Å². The fraction of sp³-hybridized carbons (Fsp3) is 0.500. The van der Waals surface area contributed by atoms with Gasteiger partial charge in [0.25, 0.3) is 0 Å². The van der Waals surface area contributed by atoms with Crippen molar-refractivity contribution in [2.45, 2.75) is 38.2 Å². The molecule has 1 nitrogen and oxygen atoms in total. The Hall–Kier alpha value is -0.980. The molecule has 2 aliphatic rings. The number of para-hydroxylation sites is 1. The Morgan fingerprint density at radius 3 is 3.15 bits per heavy atom. The minimum absolute atomic E-state index is 0.496. The Labute approximate surface area is 78.7 Å². The normalized spacial score (nSPS) is 29.6. The molecular weight excluding hydrogens is 160 g/mol. The molecule has 0 bridgehead atoms. The van der Waals surface area contributed by atoms with Crippen LogP contribution in [0.15, 0.2) is 18.2 Å². The molecule has 1 saturated carbocycles. The third-order valence-electron chi connectivity index (χ3n) is 3.36. The number of rotatable bonds is 0. The summed E-state index contributed by atoms with van der Waals surface area (Å²) in [4.78, 5) is 0. The Morgan fingerprint density at radius 1 is 1.31 bits per heavy atom. The second-order valence-electron chi connectivity index (χ2n) is 4.19. The summed E-state index contributed by atoms with van der Waals surface area (Å²) >= 11 is 0. The first-order valence-electron chi connectivity index (χ1n) is 5.12. The Morgan fingerprint density at radius 2 is 2.23 bits per heavy atom. The quantitative estimate of drug-likeness (QED) is 0.587. The van der Waals surface area contributed by atoms with Gasteiger partial charge in [-0.2, -0.15) is 0 Å². The van der Waals surface area contributed by atoms with Crippen LogP contribution < -0.4 is 4.74 Å². The fourth-order valence-electron chi connectivity index (χ4n) is 2.70. The number of hydrogen-bond donors (Lipinski definition) is 0. The summed E-state index contributed by atoms with van der Waals surface area (Å²) in [6.07, 6.45) is 4.40. The van der Waals surface area contributed by atoms with Gasteiger partial charge in [-0.25, -0.2) is 0 Å². The first-order chi connectivity index (χ1) is 6.36. The topological polar surface area (TPSA) is 9.23 Å². The standard InChI is InChI=1S/C12H14O/c1-8-4-2-6-10-9-5-3-7-11(9)13-12(8)10/h2,4,6,9,11H,3,5,7H2,1H3. The van der Waals surface area contributed by atoms with Gasteiger partial charge >= 0.3 is 0 Å². The monoisotopic (exact) mass is 174 g/mol. The Bertz CT molecular complexity index is 343. The molecule has 1 aliphatic carbocycles. The molecule has 0 N–H and O–H groups in total. The molecule has 0 aromatic heterocycles. The van der Waals surface area contributed by atoms with E-state index in [9.17, 15) is 0 Å². The van der Waals surface area contributed by atoms with Crippen molar-refractivity contribution in [3.05, 3.63) is 29.3 Å². The van der Waals surface area contributed by atoms with E-state index in [0.29, 0.717) is 12.0 Å². The second-order valence-corrected chi connectivity index (χ2v) is 4.19. The van der Waals surface area contributed by atoms with Crippen molar-refractivity contribution in [3.8, 4) is 5.75 Å². The lowest BCUT2D eigenvalue weighted by Crippen LogP contribution is -2.11. The zero-order valence-electron chi connectivity index (χ0n) is 7.92. The fourth-order valence-corrected chi connectivity index (χ4v) is 2.70. The minimum Gasteiger partial charge on any atom is -0.489 e. The smallest absolute Gasteiger partial charge is 0.126 e. The molecule has 1 aromatic carbocycles. The molecule has 2 unspecified atom stereocenters. The summed E-state index contributed by atoms with van der Waals surface area (Å²) in [7, 11) is 0. The SMILES string of the molecule is Cc1cccc2c1OC1CCCC21. The summed E-state index contributed by atoms with van der Waals surface area (Å²) in [6, 6.07) is 6.52. The number of fused-ring (bicyclic) bond motifs is 3. The van der Waals surface area contributed by atoms with E-state index in [1.807, 2.05) is 0 Å². The first-order valence-corrected chi connectivity index (χ1v) is 5.12. The second kappa shape index (κ2) is 2.50. The van der Waals surface area contributed by atoms with Crippen molar-refractivity contribution in [1.82, 2.24) is 0 Å². The minimum atomic E-state index is 0.496. The van der Waals surface area contributed by atoms with E-state index >= 15 is 0 Å². The molecule has 1 fully saturated rings. The molecule has 1 heterocycles. The molecular formula is C12H14O.